The fourth-order valence-corrected chi connectivity index (χ4v) is 3.24. The third-order valence-electron chi connectivity index (χ3n) is 4.66. The number of carbonyl (C=O) groups excluding carboxylic acids is 1. The van der Waals surface area contributed by atoms with Crippen molar-refractivity contribution in [3.05, 3.63) is 66.4 Å². The lowest BCUT2D eigenvalue weighted by molar-refractivity contribution is 0.0519. The molecule has 2 heterocycles. The Kier molecular flexibility index (Phi) is 5.34. The molecule has 30 heavy (non-hydrogen) atoms. The van der Waals surface area contributed by atoms with E-state index in [0.29, 0.717) is 22.8 Å². The van der Waals surface area contributed by atoms with Crippen molar-refractivity contribution in [2.75, 3.05) is 20.8 Å². The molecular formula is C23H21N3O4. The molecule has 0 aliphatic heterocycles. The number of nitrogens with zero attached hydrogens (tertiary/aromatic N) is 3. The van der Waals surface area contributed by atoms with Gasteiger partial charge in [-0.3, -0.25) is 0 Å². The third kappa shape index (κ3) is 3.57. The van der Waals surface area contributed by atoms with Gasteiger partial charge in [0.2, 0.25) is 0 Å². The lowest BCUT2D eigenvalue weighted by Gasteiger charge is -2.11. The molecule has 0 saturated heterocycles. The maximum atomic E-state index is 12.4. The van der Waals surface area contributed by atoms with E-state index in [-0.39, 0.29) is 12.3 Å². The lowest BCUT2D eigenvalue weighted by atomic mass is 10.1. The summed E-state index contributed by atoms with van der Waals surface area (Å²) < 4.78 is 17.7. The van der Waals surface area contributed by atoms with Crippen molar-refractivity contribution in [3.8, 4) is 34.0 Å². The molecule has 152 valence electrons. The number of hydrogen-bond acceptors (Lipinski definition) is 6. The molecule has 0 unspecified atom stereocenters. The highest BCUT2D eigenvalue weighted by atomic mass is 16.5. The number of methoxy groups -OCH3 is 2. The highest BCUT2D eigenvalue weighted by Crippen LogP contribution is 2.33. The second-order valence-electron chi connectivity index (χ2n) is 6.48. The van der Waals surface area contributed by atoms with E-state index in [1.165, 1.54) is 0 Å². The summed E-state index contributed by atoms with van der Waals surface area (Å²) in [5, 5.41) is 4.73. The standard InChI is InChI=1S/C23H21N3O4/c1-4-30-23(27)18-13-19(16-10-11-20(28-2)21(12-16)29-3)26-22(24-18)14-17(25-26)15-8-6-5-7-9-15/h5-14H,4H2,1-3H3. The Morgan fingerprint density at radius 2 is 1.70 bits per heavy atom. The molecule has 0 spiro atoms. The first-order chi connectivity index (χ1) is 14.6. The highest BCUT2D eigenvalue weighted by molar-refractivity contribution is 5.89. The first kappa shape index (κ1) is 19.4. The maximum Gasteiger partial charge on any atom is 0.357 e. The van der Waals surface area contributed by atoms with Crippen molar-refractivity contribution >= 4 is 11.6 Å². The minimum atomic E-state index is -0.482. The molecule has 4 aromatic rings. The first-order valence-electron chi connectivity index (χ1n) is 9.50. The van der Waals surface area contributed by atoms with Gasteiger partial charge in [-0.1, -0.05) is 30.3 Å². The van der Waals surface area contributed by atoms with Crippen LogP contribution in [-0.2, 0) is 4.74 Å². The largest absolute Gasteiger partial charge is 0.493 e. The van der Waals surface area contributed by atoms with Crippen LogP contribution in [0.25, 0.3) is 28.2 Å². The van der Waals surface area contributed by atoms with Gasteiger partial charge in [0.15, 0.2) is 22.8 Å². The van der Waals surface area contributed by atoms with Crippen LogP contribution in [0.3, 0.4) is 0 Å². The molecule has 7 nitrogen and oxygen atoms in total. The zero-order valence-electron chi connectivity index (χ0n) is 17.0. The second-order valence-corrected chi connectivity index (χ2v) is 6.48. The van der Waals surface area contributed by atoms with E-state index in [1.54, 1.807) is 31.7 Å². The van der Waals surface area contributed by atoms with Crippen LogP contribution >= 0.6 is 0 Å². The average Bonchev–Trinajstić information content (AvgIpc) is 3.23. The van der Waals surface area contributed by atoms with Crippen LogP contribution in [0.15, 0.2) is 60.7 Å². The SMILES string of the molecule is CCOC(=O)c1cc(-c2ccc(OC)c(OC)c2)n2nc(-c3ccccc3)cc2n1. The van der Waals surface area contributed by atoms with Crippen LogP contribution in [0.2, 0.25) is 0 Å². The number of benzene rings is 2. The van der Waals surface area contributed by atoms with Crippen molar-refractivity contribution in [2.24, 2.45) is 0 Å². The monoisotopic (exact) mass is 403 g/mol. The van der Waals surface area contributed by atoms with Gasteiger partial charge in [0.25, 0.3) is 0 Å². The average molecular weight is 403 g/mol. The predicted octanol–water partition coefficient (Wildman–Crippen LogP) is 4.26. The Bertz CT molecular complexity index is 1200. The molecule has 0 saturated carbocycles. The van der Waals surface area contributed by atoms with Crippen LogP contribution in [0, 0.1) is 0 Å². The molecule has 0 aliphatic carbocycles. The Hall–Kier alpha value is -3.87. The normalized spacial score (nSPS) is 10.8. The molecule has 0 aliphatic rings. The van der Waals surface area contributed by atoms with Crippen molar-refractivity contribution < 1.29 is 19.0 Å². The molecule has 0 amide bonds. The van der Waals surface area contributed by atoms with Crippen LogP contribution in [-0.4, -0.2) is 41.4 Å². The predicted molar refractivity (Wildman–Crippen MR) is 113 cm³/mol. The minimum Gasteiger partial charge on any atom is -0.493 e. The Labute approximate surface area is 173 Å². The molecule has 0 fully saturated rings. The quantitative estimate of drug-likeness (QED) is 0.448. The Morgan fingerprint density at radius 3 is 2.40 bits per heavy atom. The number of aromatic nitrogens is 3. The van der Waals surface area contributed by atoms with E-state index >= 15 is 0 Å². The molecule has 4 rings (SSSR count). The zero-order valence-corrected chi connectivity index (χ0v) is 17.0. The number of rotatable bonds is 6. The van der Waals surface area contributed by atoms with E-state index in [9.17, 15) is 4.79 Å². The summed E-state index contributed by atoms with van der Waals surface area (Å²) in [4.78, 5) is 16.9. The maximum absolute atomic E-state index is 12.4. The molecular weight excluding hydrogens is 382 g/mol. The van der Waals surface area contributed by atoms with Gasteiger partial charge in [0, 0.05) is 17.2 Å². The Morgan fingerprint density at radius 1 is 0.933 bits per heavy atom. The summed E-state index contributed by atoms with van der Waals surface area (Å²) >= 11 is 0. The number of carbonyl (C=O) groups is 1. The van der Waals surface area contributed by atoms with Crippen LogP contribution in [0.5, 0.6) is 11.5 Å². The van der Waals surface area contributed by atoms with Gasteiger partial charge in [0.05, 0.1) is 32.2 Å². The number of hydrogen-bond donors (Lipinski definition) is 0. The van der Waals surface area contributed by atoms with E-state index in [2.05, 4.69) is 4.98 Å². The summed E-state index contributed by atoms with van der Waals surface area (Å²) in [7, 11) is 3.16. The zero-order chi connectivity index (χ0) is 21.1. The van der Waals surface area contributed by atoms with Gasteiger partial charge >= 0.3 is 5.97 Å². The van der Waals surface area contributed by atoms with Gasteiger partial charge in [-0.2, -0.15) is 5.10 Å². The number of ether oxygens (including phenoxy) is 3. The van der Waals surface area contributed by atoms with Gasteiger partial charge in [0.1, 0.15) is 0 Å². The summed E-state index contributed by atoms with van der Waals surface area (Å²) in [5.74, 6) is 0.708. The molecule has 7 heteroatoms. The van der Waals surface area contributed by atoms with Crippen molar-refractivity contribution in [2.45, 2.75) is 6.92 Å². The van der Waals surface area contributed by atoms with Gasteiger partial charge in [-0.25, -0.2) is 14.3 Å². The van der Waals surface area contributed by atoms with Gasteiger partial charge in [-0.05, 0) is 31.2 Å². The van der Waals surface area contributed by atoms with Crippen LogP contribution in [0.4, 0.5) is 0 Å². The Balaban J connectivity index is 1.94. The molecule has 0 atom stereocenters. The molecule has 0 bridgehead atoms. The summed E-state index contributed by atoms with van der Waals surface area (Å²) in [6, 6.07) is 18.9. The smallest absolute Gasteiger partial charge is 0.357 e. The van der Waals surface area contributed by atoms with E-state index in [1.807, 2.05) is 54.6 Å². The van der Waals surface area contributed by atoms with Crippen LogP contribution in [0.1, 0.15) is 17.4 Å². The number of esters is 1. The third-order valence-corrected chi connectivity index (χ3v) is 4.66. The minimum absolute atomic E-state index is 0.216. The summed E-state index contributed by atoms with van der Waals surface area (Å²) in [6.07, 6.45) is 0. The molecule has 2 aromatic heterocycles. The molecule has 0 radical (unpaired) electrons. The molecule has 0 N–H and O–H groups in total. The van der Waals surface area contributed by atoms with E-state index in [0.717, 1.165) is 16.8 Å². The van der Waals surface area contributed by atoms with Gasteiger partial charge < -0.3 is 14.2 Å². The fourth-order valence-electron chi connectivity index (χ4n) is 3.24. The van der Waals surface area contributed by atoms with Crippen molar-refractivity contribution in [3.63, 3.8) is 0 Å². The van der Waals surface area contributed by atoms with Gasteiger partial charge in [-0.15, -0.1) is 0 Å². The van der Waals surface area contributed by atoms with Crippen molar-refractivity contribution in [1.82, 2.24) is 14.6 Å². The van der Waals surface area contributed by atoms with E-state index < -0.39 is 5.97 Å². The summed E-state index contributed by atoms with van der Waals surface area (Å²) in [5.41, 5.74) is 3.96. The summed E-state index contributed by atoms with van der Waals surface area (Å²) in [6.45, 7) is 2.03. The number of fused-ring (bicyclic) bond motifs is 1. The lowest BCUT2D eigenvalue weighted by Crippen LogP contribution is -2.09. The fraction of sp³-hybridized carbons (Fsp3) is 0.174. The van der Waals surface area contributed by atoms with Crippen molar-refractivity contribution in [1.29, 1.82) is 0 Å². The topological polar surface area (TPSA) is 75.0 Å². The first-order valence-corrected chi connectivity index (χ1v) is 9.50. The molecule has 2 aromatic carbocycles. The van der Waals surface area contributed by atoms with Crippen LogP contribution < -0.4 is 9.47 Å². The van der Waals surface area contributed by atoms with E-state index in [4.69, 9.17) is 19.3 Å². The second kappa shape index (κ2) is 8.24. The highest BCUT2D eigenvalue weighted by Gasteiger charge is 2.18.